The van der Waals surface area contributed by atoms with Crippen molar-refractivity contribution >= 4 is 22.7 Å². The van der Waals surface area contributed by atoms with E-state index >= 15 is 0 Å². The molecule has 0 aliphatic rings. The zero-order valence-corrected chi connectivity index (χ0v) is 17.9. The van der Waals surface area contributed by atoms with Gasteiger partial charge < -0.3 is 14.2 Å². The highest BCUT2D eigenvalue weighted by atomic mass is 16.4. The minimum absolute atomic E-state index is 0.0959. The molecule has 3 aromatic carbocycles. The Hall–Kier alpha value is -3.64. The van der Waals surface area contributed by atoms with Gasteiger partial charge in [-0.1, -0.05) is 42.5 Å². The lowest BCUT2D eigenvalue weighted by molar-refractivity contribution is -0.118. The Morgan fingerprint density at radius 3 is 2.39 bits per heavy atom. The van der Waals surface area contributed by atoms with Crippen LogP contribution < -0.4 is 10.7 Å². The van der Waals surface area contributed by atoms with Crippen LogP contribution in [-0.4, -0.2) is 36.5 Å². The third-order valence-electron chi connectivity index (χ3n) is 5.24. The molecule has 0 spiro atoms. The number of amides is 1. The Balaban J connectivity index is 1.67. The van der Waals surface area contributed by atoms with E-state index in [2.05, 4.69) is 17.0 Å². The average Bonchev–Trinajstić information content (AvgIpc) is 3.08. The molecule has 4 aromatic rings. The van der Waals surface area contributed by atoms with Crippen LogP contribution in [0.3, 0.4) is 0 Å². The van der Waals surface area contributed by atoms with Crippen molar-refractivity contribution in [2.45, 2.75) is 13.1 Å². The molecule has 1 amide bonds. The summed E-state index contributed by atoms with van der Waals surface area (Å²) >= 11 is 0. The van der Waals surface area contributed by atoms with Crippen molar-refractivity contribution in [3.8, 4) is 11.1 Å². The lowest BCUT2D eigenvalue weighted by Gasteiger charge is -2.17. The monoisotopic (exact) mass is 415 g/mol. The number of anilines is 1. The first-order valence-corrected chi connectivity index (χ1v) is 10.1. The first-order valence-electron chi connectivity index (χ1n) is 10.1. The average molecular weight is 415 g/mol. The molecular formula is C25H25N3O3. The van der Waals surface area contributed by atoms with Gasteiger partial charge in [0.2, 0.25) is 5.91 Å². The van der Waals surface area contributed by atoms with Gasteiger partial charge in [-0.25, -0.2) is 4.79 Å². The summed E-state index contributed by atoms with van der Waals surface area (Å²) in [7, 11) is 5.77. The Labute approximate surface area is 180 Å². The number of nitrogens with zero attached hydrogens (tertiary/aromatic N) is 3. The number of carbonyl (C=O) groups excluding carboxylic acids is 1. The molecule has 4 rings (SSSR count). The maximum atomic E-state index is 12.8. The second-order valence-electron chi connectivity index (χ2n) is 7.86. The van der Waals surface area contributed by atoms with Gasteiger partial charge in [-0.05, 0) is 61.1 Å². The van der Waals surface area contributed by atoms with Crippen LogP contribution in [0.15, 0.2) is 82.0 Å². The highest BCUT2D eigenvalue weighted by Gasteiger charge is 2.17. The Bertz CT molecular complexity index is 1270. The normalized spacial score (nSPS) is 11.2. The van der Waals surface area contributed by atoms with Crippen LogP contribution in [0.25, 0.3) is 22.2 Å². The van der Waals surface area contributed by atoms with Crippen molar-refractivity contribution in [3.05, 3.63) is 88.9 Å². The summed E-state index contributed by atoms with van der Waals surface area (Å²) in [5.74, 6) is -0.738. The Morgan fingerprint density at radius 2 is 1.65 bits per heavy atom. The summed E-state index contributed by atoms with van der Waals surface area (Å²) < 4.78 is 6.78. The van der Waals surface area contributed by atoms with Crippen molar-refractivity contribution in [2.75, 3.05) is 26.0 Å². The van der Waals surface area contributed by atoms with Crippen molar-refractivity contribution in [2.24, 2.45) is 0 Å². The molecule has 0 bridgehead atoms. The third kappa shape index (κ3) is 4.44. The number of aromatic nitrogens is 1. The van der Waals surface area contributed by atoms with E-state index in [4.69, 9.17) is 4.42 Å². The van der Waals surface area contributed by atoms with E-state index in [1.54, 1.807) is 18.0 Å². The molecule has 6 heteroatoms. The van der Waals surface area contributed by atoms with Crippen molar-refractivity contribution in [1.82, 2.24) is 9.47 Å². The number of para-hydroxylation sites is 1. The van der Waals surface area contributed by atoms with Crippen LogP contribution >= 0.6 is 0 Å². The van der Waals surface area contributed by atoms with Gasteiger partial charge in [0.25, 0.3) is 0 Å². The minimum Gasteiger partial charge on any atom is -0.408 e. The molecule has 0 N–H and O–H groups in total. The lowest BCUT2D eigenvalue weighted by Crippen LogP contribution is -2.32. The molecule has 1 heterocycles. The van der Waals surface area contributed by atoms with E-state index in [1.165, 1.54) is 10.1 Å². The van der Waals surface area contributed by atoms with E-state index < -0.39 is 5.76 Å². The minimum atomic E-state index is -0.539. The van der Waals surface area contributed by atoms with Crippen molar-refractivity contribution < 1.29 is 9.21 Å². The second kappa shape index (κ2) is 8.62. The SMILES string of the molecule is CN(C)Cc1cccc(-c2ccc3oc(=O)n(CC(=O)N(C)c4ccccc4)c3c2)c1. The van der Waals surface area contributed by atoms with Gasteiger partial charge >= 0.3 is 5.76 Å². The summed E-state index contributed by atoms with van der Waals surface area (Å²) in [6.07, 6.45) is 0. The summed E-state index contributed by atoms with van der Waals surface area (Å²) in [5.41, 5.74) is 5.06. The number of hydrogen-bond donors (Lipinski definition) is 0. The fraction of sp³-hybridized carbons (Fsp3) is 0.200. The van der Waals surface area contributed by atoms with Crippen molar-refractivity contribution in [1.29, 1.82) is 0 Å². The van der Waals surface area contributed by atoms with Gasteiger partial charge in [0.1, 0.15) is 6.54 Å². The smallest absolute Gasteiger partial charge is 0.408 e. The van der Waals surface area contributed by atoms with Crippen LogP contribution in [-0.2, 0) is 17.9 Å². The van der Waals surface area contributed by atoms with Crippen LogP contribution in [0.2, 0.25) is 0 Å². The number of rotatable bonds is 6. The maximum absolute atomic E-state index is 12.8. The van der Waals surface area contributed by atoms with Gasteiger partial charge in [0.05, 0.1) is 5.52 Å². The molecular weight excluding hydrogens is 390 g/mol. The number of benzene rings is 3. The zero-order valence-electron chi connectivity index (χ0n) is 17.9. The summed E-state index contributed by atoms with van der Waals surface area (Å²) in [6, 6.07) is 23.3. The number of likely N-dealkylation sites (N-methyl/N-ethyl adjacent to an activating group) is 1. The molecule has 0 atom stereocenters. The molecule has 0 fully saturated rings. The van der Waals surface area contributed by atoms with Crippen LogP contribution in [0, 0.1) is 0 Å². The molecule has 0 radical (unpaired) electrons. The first kappa shape index (κ1) is 20.6. The van der Waals surface area contributed by atoms with E-state index in [1.807, 2.05) is 68.7 Å². The largest absolute Gasteiger partial charge is 0.420 e. The molecule has 6 nitrogen and oxygen atoms in total. The van der Waals surface area contributed by atoms with Gasteiger partial charge in [0, 0.05) is 19.3 Å². The molecule has 0 aliphatic carbocycles. The lowest BCUT2D eigenvalue weighted by atomic mass is 10.0. The van der Waals surface area contributed by atoms with E-state index in [0.717, 1.165) is 23.4 Å². The number of carbonyl (C=O) groups is 1. The third-order valence-corrected chi connectivity index (χ3v) is 5.24. The molecule has 0 unspecified atom stereocenters. The van der Waals surface area contributed by atoms with Crippen LogP contribution in [0.4, 0.5) is 5.69 Å². The molecule has 0 saturated carbocycles. The predicted octanol–water partition coefficient (Wildman–Crippen LogP) is 3.99. The highest BCUT2D eigenvalue weighted by Crippen LogP contribution is 2.25. The number of hydrogen-bond acceptors (Lipinski definition) is 4. The highest BCUT2D eigenvalue weighted by molar-refractivity contribution is 5.93. The van der Waals surface area contributed by atoms with Gasteiger partial charge in [-0.15, -0.1) is 0 Å². The van der Waals surface area contributed by atoms with E-state index in [9.17, 15) is 9.59 Å². The fourth-order valence-electron chi connectivity index (χ4n) is 3.64. The number of fused-ring (bicyclic) bond motifs is 1. The quantitative estimate of drug-likeness (QED) is 0.478. The molecule has 158 valence electrons. The zero-order chi connectivity index (χ0) is 22.0. The predicted molar refractivity (Wildman–Crippen MR) is 123 cm³/mol. The van der Waals surface area contributed by atoms with Crippen LogP contribution in [0.5, 0.6) is 0 Å². The topological polar surface area (TPSA) is 58.7 Å². The summed E-state index contributed by atoms with van der Waals surface area (Å²) in [5, 5.41) is 0. The van der Waals surface area contributed by atoms with Crippen LogP contribution in [0.1, 0.15) is 5.56 Å². The Kier molecular flexibility index (Phi) is 5.73. The van der Waals surface area contributed by atoms with Gasteiger partial charge in [-0.3, -0.25) is 9.36 Å². The number of oxazole rings is 1. The molecule has 1 aromatic heterocycles. The first-order chi connectivity index (χ1) is 14.9. The molecule has 0 aliphatic heterocycles. The summed E-state index contributed by atoms with van der Waals surface area (Å²) in [6.45, 7) is 0.744. The van der Waals surface area contributed by atoms with E-state index in [-0.39, 0.29) is 12.5 Å². The molecule has 0 saturated heterocycles. The fourth-order valence-corrected chi connectivity index (χ4v) is 3.64. The van der Waals surface area contributed by atoms with Gasteiger partial charge in [-0.2, -0.15) is 0 Å². The van der Waals surface area contributed by atoms with Crippen molar-refractivity contribution in [3.63, 3.8) is 0 Å². The van der Waals surface area contributed by atoms with Gasteiger partial charge in [0.15, 0.2) is 5.58 Å². The maximum Gasteiger partial charge on any atom is 0.420 e. The molecule has 31 heavy (non-hydrogen) atoms. The van der Waals surface area contributed by atoms with E-state index in [0.29, 0.717) is 11.1 Å². The summed E-state index contributed by atoms with van der Waals surface area (Å²) in [4.78, 5) is 29.0. The standard InChI is InChI=1S/C25H25N3O3/c1-26(2)16-18-8-7-9-19(14-18)20-12-13-23-22(15-20)28(25(30)31-23)17-24(29)27(3)21-10-5-4-6-11-21/h4-15H,16-17H2,1-3H3. The Morgan fingerprint density at radius 1 is 0.903 bits per heavy atom. The second-order valence-corrected chi connectivity index (χ2v) is 7.86.